The minimum Gasteiger partial charge on any atom is -0.392 e. The molecule has 0 heterocycles. The van der Waals surface area contributed by atoms with Crippen LogP contribution in [0.4, 0.5) is 13.2 Å². The molecule has 0 aromatic carbocycles. The minimum atomic E-state index is -5.57. The first-order valence-electron chi connectivity index (χ1n) is 3.09. The third kappa shape index (κ3) is 4.11. The van der Waals surface area contributed by atoms with E-state index in [9.17, 15) is 21.6 Å². The maximum absolute atomic E-state index is 11.7. The van der Waals surface area contributed by atoms with Crippen molar-refractivity contribution in [3.8, 4) is 0 Å². The molecule has 0 fully saturated rings. The fraction of sp³-hybridized carbons (Fsp3) is 0.600. The summed E-state index contributed by atoms with van der Waals surface area (Å²) >= 11 is 1.64. The van der Waals surface area contributed by atoms with E-state index in [4.69, 9.17) is 5.11 Å². The van der Waals surface area contributed by atoms with Crippen LogP contribution in [0.1, 0.15) is 0 Å². The molecule has 0 saturated carbocycles. The summed E-state index contributed by atoms with van der Waals surface area (Å²) in [5.74, 6) is 0. The number of aliphatic hydroxyl groups is 1. The predicted molar refractivity (Wildman–Crippen MR) is 50.1 cm³/mol. The van der Waals surface area contributed by atoms with Gasteiger partial charge in [-0.3, -0.25) is 4.18 Å². The Kier molecular flexibility index (Phi) is 5.33. The molecule has 0 radical (unpaired) electrons. The summed E-state index contributed by atoms with van der Waals surface area (Å²) in [6.07, 6.45) is 0. The normalized spacial score (nSPS) is 14.5. The van der Waals surface area contributed by atoms with Crippen LogP contribution >= 0.6 is 22.6 Å². The minimum absolute atomic E-state index is 0.0402. The van der Waals surface area contributed by atoms with Gasteiger partial charge in [0.15, 0.2) is 0 Å². The molecule has 0 aromatic heterocycles. The number of aliphatic hydroxyl groups excluding tert-OH is 1. The summed E-state index contributed by atoms with van der Waals surface area (Å²) in [7, 11) is -5.57. The molecule has 0 aliphatic carbocycles. The highest BCUT2D eigenvalue weighted by atomic mass is 127. The average molecular weight is 346 g/mol. The van der Waals surface area contributed by atoms with Crippen LogP contribution in [-0.4, -0.2) is 32.2 Å². The van der Waals surface area contributed by atoms with E-state index in [1.54, 1.807) is 22.6 Å². The smallest absolute Gasteiger partial charge is 0.392 e. The van der Waals surface area contributed by atoms with Gasteiger partial charge in [0.05, 0.1) is 13.2 Å². The average Bonchev–Trinajstić information content (AvgIpc) is 2.04. The summed E-state index contributed by atoms with van der Waals surface area (Å²) in [4.78, 5) is 0. The van der Waals surface area contributed by atoms with Crippen molar-refractivity contribution >= 4 is 32.7 Å². The third-order valence-corrected chi connectivity index (χ3v) is 2.92. The summed E-state index contributed by atoms with van der Waals surface area (Å²) in [5, 5.41) is 8.50. The Morgan fingerprint density at radius 1 is 1.50 bits per heavy atom. The monoisotopic (exact) mass is 346 g/mol. The number of rotatable bonds is 4. The van der Waals surface area contributed by atoms with Crippen molar-refractivity contribution in [2.45, 2.75) is 5.51 Å². The fourth-order valence-electron chi connectivity index (χ4n) is 0.332. The lowest BCUT2D eigenvalue weighted by atomic mass is 10.4. The number of halogens is 4. The van der Waals surface area contributed by atoms with Gasteiger partial charge < -0.3 is 5.11 Å². The SMILES string of the molecule is O=S(=O)(OC/C(=C/I)CO)C(F)(F)F. The van der Waals surface area contributed by atoms with Crippen molar-refractivity contribution in [2.75, 3.05) is 13.2 Å². The second-order valence-electron chi connectivity index (χ2n) is 2.09. The van der Waals surface area contributed by atoms with Crippen molar-refractivity contribution in [1.29, 1.82) is 0 Å². The largest absolute Gasteiger partial charge is 0.523 e. The molecule has 4 nitrogen and oxygen atoms in total. The molecule has 0 unspecified atom stereocenters. The highest BCUT2D eigenvalue weighted by molar-refractivity contribution is 14.1. The van der Waals surface area contributed by atoms with E-state index in [0.717, 1.165) is 0 Å². The molecule has 0 rings (SSSR count). The summed E-state index contributed by atoms with van der Waals surface area (Å²) in [6.45, 7) is -1.36. The van der Waals surface area contributed by atoms with Gasteiger partial charge in [-0.05, 0) is 9.66 Å². The molecule has 0 amide bonds. The highest BCUT2D eigenvalue weighted by Crippen LogP contribution is 2.24. The van der Waals surface area contributed by atoms with Crippen LogP contribution in [-0.2, 0) is 14.3 Å². The van der Waals surface area contributed by atoms with Gasteiger partial charge in [0.25, 0.3) is 0 Å². The van der Waals surface area contributed by atoms with Crippen molar-refractivity contribution in [1.82, 2.24) is 0 Å². The van der Waals surface area contributed by atoms with E-state index < -0.39 is 28.8 Å². The van der Waals surface area contributed by atoms with Gasteiger partial charge >= 0.3 is 15.6 Å². The van der Waals surface area contributed by atoms with Crippen LogP contribution in [0.15, 0.2) is 9.66 Å². The standard InChI is InChI=1S/C5H6F3IO4S/c6-5(7,8)14(11,12)13-3-4(1-9)2-10/h1,10H,2-3H2/b4-1+. The van der Waals surface area contributed by atoms with Crippen LogP contribution in [0.3, 0.4) is 0 Å². The first-order chi connectivity index (χ1) is 6.24. The Bertz CT molecular complexity index is 307. The van der Waals surface area contributed by atoms with E-state index in [2.05, 4.69) is 4.18 Å². The molecule has 0 saturated heterocycles. The van der Waals surface area contributed by atoms with E-state index in [1.807, 2.05) is 0 Å². The zero-order valence-electron chi connectivity index (χ0n) is 6.58. The lowest BCUT2D eigenvalue weighted by Crippen LogP contribution is -2.26. The van der Waals surface area contributed by atoms with Crippen molar-refractivity contribution in [3.63, 3.8) is 0 Å². The molecule has 0 aliphatic heterocycles. The Hall–Kier alpha value is 0.130. The van der Waals surface area contributed by atoms with Crippen LogP contribution in [0.25, 0.3) is 0 Å². The topological polar surface area (TPSA) is 63.6 Å². The molecule has 9 heteroatoms. The molecule has 0 aromatic rings. The molecular weight excluding hydrogens is 340 g/mol. The Labute approximate surface area is 92.0 Å². The van der Waals surface area contributed by atoms with Gasteiger partial charge in [0, 0.05) is 0 Å². The van der Waals surface area contributed by atoms with E-state index in [-0.39, 0.29) is 5.57 Å². The summed E-state index contributed by atoms with van der Waals surface area (Å²) in [6, 6.07) is 0. The maximum Gasteiger partial charge on any atom is 0.523 e. The van der Waals surface area contributed by atoms with Gasteiger partial charge in [-0.2, -0.15) is 21.6 Å². The maximum atomic E-state index is 11.7. The van der Waals surface area contributed by atoms with Gasteiger partial charge in [0.2, 0.25) is 0 Å². The lowest BCUT2D eigenvalue weighted by molar-refractivity contribution is -0.0537. The van der Waals surface area contributed by atoms with Crippen molar-refractivity contribution in [2.24, 2.45) is 0 Å². The first-order valence-corrected chi connectivity index (χ1v) is 5.74. The first kappa shape index (κ1) is 14.1. The van der Waals surface area contributed by atoms with Gasteiger partial charge in [0.1, 0.15) is 0 Å². The molecule has 0 atom stereocenters. The van der Waals surface area contributed by atoms with Crippen LogP contribution in [0.5, 0.6) is 0 Å². The lowest BCUT2D eigenvalue weighted by Gasteiger charge is -2.08. The number of hydrogen-bond acceptors (Lipinski definition) is 4. The number of alkyl halides is 3. The molecular formula is C5H6F3IO4S. The molecule has 14 heavy (non-hydrogen) atoms. The third-order valence-electron chi connectivity index (χ3n) is 1.04. The Morgan fingerprint density at radius 3 is 2.29 bits per heavy atom. The van der Waals surface area contributed by atoms with Crippen LogP contribution in [0, 0.1) is 0 Å². The van der Waals surface area contributed by atoms with Crippen molar-refractivity contribution in [3.05, 3.63) is 9.66 Å². The second kappa shape index (κ2) is 5.28. The van der Waals surface area contributed by atoms with E-state index in [0.29, 0.717) is 0 Å². The Morgan fingerprint density at radius 2 is 2.00 bits per heavy atom. The Balaban J connectivity index is 4.43. The van der Waals surface area contributed by atoms with Crippen LogP contribution < -0.4 is 0 Å². The fourth-order valence-corrected chi connectivity index (χ4v) is 1.15. The molecule has 0 spiro atoms. The summed E-state index contributed by atoms with van der Waals surface area (Å²) < 4.78 is 60.6. The highest BCUT2D eigenvalue weighted by Gasteiger charge is 2.47. The van der Waals surface area contributed by atoms with Crippen molar-refractivity contribution < 1.29 is 30.9 Å². The van der Waals surface area contributed by atoms with E-state index >= 15 is 0 Å². The molecule has 1 N–H and O–H groups in total. The molecule has 84 valence electrons. The number of hydrogen-bond donors (Lipinski definition) is 1. The van der Waals surface area contributed by atoms with Crippen LogP contribution in [0.2, 0.25) is 0 Å². The van der Waals surface area contributed by atoms with Gasteiger partial charge in [-0.15, -0.1) is 0 Å². The summed E-state index contributed by atoms with van der Waals surface area (Å²) in [5.41, 5.74) is -5.39. The van der Waals surface area contributed by atoms with Gasteiger partial charge in [-0.25, -0.2) is 0 Å². The zero-order valence-corrected chi connectivity index (χ0v) is 9.56. The van der Waals surface area contributed by atoms with E-state index in [1.165, 1.54) is 4.08 Å². The second-order valence-corrected chi connectivity index (χ2v) is 4.32. The predicted octanol–water partition coefficient (Wildman–Crippen LogP) is 1.16. The molecule has 0 aliphatic rings. The quantitative estimate of drug-likeness (QED) is 0.472. The van der Waals surface area contributed by atoms with Gasteiger partial charge in [-0.1, -0.05) is 22.6 Å². The molecule has 0 bridgehead atoms. The zero-order chi connectivity index (χ0) is 11.4.